The van der Waals surface area contributed by atoms with E-state index in [1.807, 2.05) is 54.8 Å². The topological polar surface area (TPSA) is 49.8 Å². The molecule has 0 fully saturated rings. The monoisotopic (exact) mass is 397 g/mol. The van der Waals surface area contributed by atoms with E-state index in [2.05, 4.69) is 18.7 Å². The molecule has 3 aromatic rings. The van der Waals surface area contributed by atoms with Crippen molar-refractivity contribution >= 4 is 27.4 Å². The molecule has 0 aliphatic rings. The Hall–Kier alpha value is -2.21. The fraction of sp³-hybridized carbons (Fsp3) is 0.348. The molecular weight excluding hydrogens is 370 g/mol. The molecule has 0 saturated carbocycles. The Bertz CT molecular complexity index is 948. The number of rotatable bonds is 8. The van der Waals surface area contributed by atoms with Gasteiger partial charge >= 0.3 is 5.97 Å². The number of likely N-dealkylation sites (N-methyl/N-ethyl adjacent to an activating group) is 1. The lowest BCUT2D eigenvalue weighted by Crippen LogP contribution is -2.40. The molecule has 5 heteroatoms. The van der Waals surface area contributed by atoms with Crippen LogP contribution in [0.5, 0.6) is 0 Å². The van der Waals surface area contributed by atoms with E-state index in [1.54, 1.807) is 6.07 Å². The van der Waals surface area contributed by atoms with Crippen LogP contribution in [0.15, 0.2) is 53.9 Å². The number of benzene rings is 2. The number of thiophene rings is 1. The summed E-state index contributed by atoms with van der Waals surface area (Å²) in [7, 11) is 0. The summed E-state index contributed by atoms with van der Waals surface area (Å²) >= 11 is 1.52. The molecule has 3 rings (SSSR count). The highest BCUT2D eigenvalue weighted by Crippen LogP contribution is 2.39. The van der Waals surface area contributed by atoms with Gasteiger partial charge in [0.25, 0.3) is 0 Å². The average Bonchev–Trinajstić information content (AvgIpc) is 3.15. The lowest BCUT2D eigenvalue weighted by molar-refractivity contribution is -0.162. The minimum absolute atomic E-state index is 0.247. The molecule has 0 aliphatic carbocycles. The van der Waals surface area contributed by atoms with E-state index in [1.165, 1.54) is 11.3 Å². The van der Waals surface area contributed by atoms with Crippen molar-refractivity contribution in [2.45, 2.75) is 26.4 Å². The van der Waals surface area contributed by atoms with Crippen LogP contribution in [0.3, 0.4) is 0 Å². The highest BCUT2D eigenvalue weighted by atomic mass is 32.1. The summed E-state index contributed by atoms with van der Waals surface area (Å²) in [6.45, 7) is 8.78. The van der Waals surface area contributed by atoms with E-state index in [0.717, 1.165) is 28.7 Å². The first kappa shape index (κ1) is 20.5. The minimum atomic E-state index is -1.84. The van der Waals surface area contributed by atoms with Gasteiger partial charge < -0.3 is 14.7 Å². The number of hydrogen-bond donors (Lipinski definition) is 1. The zero-order valence-corrected chi connectivity index (χ0v) is 17.5. The van der Waals surface area contributed by atoms with Crippen molar-refractivity contribution in [3.8, 4) is 0 Å². The second kappa shape index (κ2) is 8.86. The molecule has 4 nitrogen and oxygen atoms in total. The molecule has 0 saturated heterocycles. The molecule has 1 aromatic heterocycles. The first-order valence-corrected chi connectivity index (χ1v) is 10.5. The third kappa shape index (κ3) is 3.97. The van der Waals surface area contributed by atoms with Gasteiger partial charge in [0.1, 0.15) is 6.61 Å². The summed E-state index contributed by atoms with van der Waals surface area (Å²) < 4.78 is 6.61. The van der Waals surface area contributed by atoms with Gasteiger partial charge in [-0.25, -0.2) is 4.79 Å². The predicted octanol–water partition coefficient (Wildman–Crippen LogP) is 4.33. The van der Waals surface area contributed by atoms with Gasteiger partial charge in [-0.1, -0.05) is 61.9 Å². The summed E-state index contributed by atoms with van der Waals surface area (Å²) in [5, 5.41) is 14.5. The van der Waals surface area contributed by atoms with Gasteiger partial charge in [-0.05, 0) is 42.4 Å². The van der Waals surface area contributed by atoms with E-state index >= 15 is 0 Å². The summed E-state index contributed by atoms with van der Waals surface area (Å²) in [4.78, 5) is 15.4. The Balaban J connectivity index is 1.99. The molecule has 28 heavy (non-hydrogen) atoms. The SMILES string of the molecule is CCN(CC)CCOC(=O)C(O)(c1cccc(C)c1)c1csc2ccccc12. The zero-order chi connectivity index (χ0) is 20.1. The Labute approximate surface area is 170 Å². The van der Waals surface area contributed by atoms with E-state index in [0.29, 0.717) is 17.7 Å². The third-order valence-corrected chi connectivity index (χ3v) is 6.10. The van der Waals surface area contributed by atoms with Crippen LogP contribution in [0.2, 0.25) is 0 Å². The zero-order valence-electron chi connectivity index (χ0n) is 16.6. The summed E-state index contributed by atoms with van der Waals surface area (Å²) in [5.74, 6) is -0.631. The number of esters is 1. The van der Waals surface area contributed by atoms with Crippen molar-refractivity contribution in [2.75, 3.05) is 26.2 Å². The van der Waals surface area contributed by atoms with Crippen LogP contribution in [0.1, 0.15) is 30.5 Å². The van der Waals surface area contributed by atoms with Crippen molar-refractivity contribution in [2.24, 2.45) is 0 Å². The molecule has 0 radical (unpaired) electrons. The number of fused-ring (bicyclic) bond motifs is 1. The molecular formula is C23H27NO3S. The molecule has 2 aromatic carbocycles. The van der Waals surface area contributed by atoms with Gasteiger partial charge in [-0.3, -0.25) is 0 Å². The number of hydrogen-bond acceptors (Lipinski definition) is 5. The van der Waals surface area contributed by atoms with Crippen LogP contribution in [0.4, 0.5) is 0 Å². The van der Waals surface area contributed by atoms with Crippen LogP contribution >= 0.6 is 11.3 Å². The molecule has 1 atom stereocenters. The highest BCUT2D eigenvalue weighted by molar-refractivity contribution is 7.17. The Morgan fingerprint density at radius 1 is 1.14 bits per heavy atom. The van der Waals surface area contributed by atoms with Crippen LogP contribution < -0.4 is 0 Å². The van der Waals surface area contributed by atoms with E-state index in [-0.39, 0.29) is 6.61 Å². The number of aryl methyl sites for hydroxylation is 1. The molecule has 1 N–H and O–H groups in total. The maximum atomic E-state index is 13.2. The lowest BCUT2D eigenvalue weighted by atomic mass is 9.85. The van der Waals surface area contributed by atoms with Gasteiger partial charge in [0.15, 0.2) is 0 Å². The molecule has 0 amide bonds. The molecule has 0 spiro atoms. The van der Waals surface area contributed by atoms with Crippen molar-refractivity contribution in [3.05, 3.63) is 70.6 Å². The first-order chi connectivity index (χ1) is 13.5. The van der Waals surface area contributed by atoms with Crippen LogP contribution in [0.25, 0.3) is 10.1 Å². The maximum absolute atomic E-state index is 13.2. The number of carbonyl (C=O) groups excluding carboxylic acids is 1. The smallest absolute Gasteiger partial charge is 0.347 e. The quantitative estimate of drug-likeness (QED) is 0.575. The van der Waals surface area contributed by atoms with Gasteiger partial charge in [-0.2, -0.15) is 0 Å². The van der Waals surface area contributed by atoms with E-state index in [4.69, 9.17) is 4.74 Å². The minimum Gasteiger partial charge on any atom is -0.462 e. The molecule has 148 valence electrons. The fourth-order valence-electron chi connectivity index (χ4n) is 3.42. The van der Waals surface area contributed by atoms with Crippen LogP contribution in [-0.2, 0) is 15.1 Å². The average molecular weight is 398 g/mol. The standard InChI is InChI=1S/C23H27NO3S/c1-4-24(5-2)13-14-27-22(25)23(26,18-10-8-9-17(3)15-18)20-16-28-21-12-7-6-11-19(20)21/h6-12,15-16,26H,4-5,13-14H2,1-3H3. The van der Waals surface area contributed by atoms with Gasteiger partial charge in [0, 0.05) is 16.8 Å². The summed E-state index contributed by atoms with van der Waals surface area (Å²) in [5.41, 5.74) is 0.247. The predicted molar refractivity (Wildman–Crippen MR) is 115 cm³/mol. The van der Waals surface area contributed by atoms with Crippen molar-refractivity contribution in [1.29, 1.82) is 0 Å². The highest BCUT2D eigenvalue weighted by Gasteiger charge is 2.43. The van der Waals surface area contributed by atoms with Crippen molar-refractivity contribution in [1.82, 2.24) is 4.90 Å². The van der Waals surface area contributed by atoms with E-state index in [9.17, 15) is 9.90 Å². The Morgan fingerprint density at radius 3 is 2.61 bits per heavy atom. The van der Waals surface area contributed by atoms with Gasteiger partial charge in [0.05, 0.1) is 0 Å². The fourth-order valence-corrected chi connectivity index (χ4v) is 4.43. The normalized spacial score (nSPS) is 13.6. The third-order valence-electron chi connectivity index (χ3n) is 5.14. The summed E-state index contributed by atoms with van der Waals surface area (Å²) in [6, 6.07) is 15.2. The van der Waals surface area contributed by atoms with Crippen molar-refractivity contribution < 1.29 is 14.6 Å². The second-order valence-corrected chi connectivity index (χ2v) is 7.80. The van der Waals surface area contributed by atoms with Gasteiger partial charge in [-0.15, -0.1) is 11.3 Å². The molecule has 1 heterocycles. The van der Waals surface area contributed by atoms with Crippen molar-refractivity contribution in [3.63, 3.8) is 0 Å². The number of ether oxygens (including phenoxy) is 1. The maximum Gasteiger partial charge on any atom is 0.347 e. The second-order valence-electron chi connectivity index (χ2n) is 6.89. The largest absolute Gasteiger partial charge is 0.462 e. The number of carbonyl (C=O) groups is 1. The molecule has 0 aliphatic heterocycles. The number of nitrogens with zero attached hydrogens (tertiary/aromatic N) is 1. The molecule has 0 bridgehead atoms. The lowest BCUT2D eigenvalue weighted by Gasteiger charge is -2.27. The first-order valence-electron chi connectivity index (χ1n) is 9.66. The Morgan fingerprint density at radius 2 is 1.89 bits per heavy atom. The summed E-state index contributed by atoms with van der Waals surface area (Å²) in [6.07, 6.45) is 0. The van der Waals surface area contributed by atoms with Crippen LogP contribution in [0, 0.1) is 6.92 Å². The molecule has 1 unspecified atom stereocenters. The van der Waals surface area contributed by atoms with E-state index < -0.39 is 11.6 Å². The van der Waals surface area contributed by atoms with Crippen LogP contribution in [-0.4, -0.2) is 42.2 Å². The van der Waals surface area contributed by atoms with Gasteiger partial charge in [0.2, 0.25) is 5.60 Å². The Kier molecular flexibility index (Phi) is 6.50. The number of aliphatic hydroxyl groups is 1.